The second-order valence-corrected chi connectivity index (χ2v) is 5.58. The minimum Gasteiger partial charge on any atom is -0.497 e. The Morgan fingerprint density at radius 1 is 0.840 bits per heavy atom. The molecule has 0 radical (unpaired) electrons. The minimum atomic E-state index is 0.323. The number of rotatable bonds is 5. The molecular weight excluding hydrogens is 314 g/mol. The Morgan fingerprint density at radius 3 is 1.84 bits per heavy atom. The summed E-state index contributed by atoms with van der Waals surface area (Å²) in [5.74, 6) is 2.04. The summed E-state index contributed by atoms with van der Waals surface area (Å²) < 4.78 is 10.4. The van der Waals surface area contributed by atoms with Gasteiger partial charge in [0.1, 0.15) is 17.3 Å². The van der Waals surface area contributed by atoms with Crippen molar-refractivity contribution < 1.29 is 9.47 Å². The SMILES string of the molecule is COc1ccc(-c2cc(-c3ccc(OC)cc3)c(CN)c(N)n2)cc1. The number of hydrogen-bond acceptors (Lipinski definition) is 5. The van der Waals surface area contributed by atoms with Gasteiger partial charge >= 0.3 is 0 Å². The van der Waals surface area contributed by atoms with Gasteiger partial charge < -0.3 is 20.9 Å². The average Bonchev–Trinajstić information content (AvgIpc) is 2.67. The average molecular weight is 335 g/mol. The minimum absolute atomic E-state index is 0.323. The van der Waals surface area contributed by atoms with E-state index in [9.17, 15) is 0 Å². The Bertz CT molecular complexity index is 859. The largest absolute Gasteiger partial charge is 0.497 e. The first-order chi connectivity index (χ1) is 12.2. The molecule has 0 bridgehead atoms. The topological polar surface area (TPSA) is 83.4 Å². The quantitative estimate of drug-likeness (QED) is 0.746. The van der Waals surface area contributed by atoms with E-state index in [4.69, 9.17) is 20.9 Å². The predicted molar refractivity (Wildman–Crippen MR) is 101 cm³/mol. The maximum absolute atomic E-state index is 6.18. The van der Waals surface area contributed by atoms with Crippen LogP contribution in [0, 0.1) is 0 Å². The molecule has 1 aromatic heterocycles. The summed E-state index contributed by atoms with van der Waals surface area (Å²) in [6.07, 6.45) is 0. The molecule has 0 aliphatic heterocycles. The molecule has 0 fully saturated rings. The first-order valence-electron chi connectivity index (χ1n) is 7.94. The van der Waals surface area contributed by atoms with E-state index in [2.05, 4.69) is 4.98 Å². The van der Waals surface area contributed by atoms with Crippen LogP contribution >= 0.6 is 0 Å². The van der Waals surface area contributed by atoms with Crippen molar-refractivity contribution in [2.24, 2.45) is 5.73 Å². The molecule has 3 rings (SSSR count). The van der Waals surface area contributed by atoms with Crippen LogP contribution in [-0.2, 0) is 6.54 Å². The molecule has 128 valence electrons. The summed E-state index contributed by atoms with van der Waals surface area (Å²) in [7, 11) is 3.29. The number of nitrogens with two attached hydrogens (primary N) is 2. The fraction of sp³-hybridized carbons (Fsp3) is 0.150. The van der Waals surface area contributed by atoms with Gasteiger partial charge in [0.05, 0.1) is 19.9 Å². The first-order valence-corrected chi connectivity index (χ1v) is 7.94. The van der Waals surface area contributed by atoms with Crippen LogP contribution < -0.4 is 20.9 Å². The second kappa shape index (κ2) is 7.23. The summed E-state index contributed by atoms with van der Waals surface area (Å²) in [5.41, 5.74) is 16.7. The fourth-order valence-corrected chi connectivity index (χ4v) is 2.74. The number of pyridine rings is 1. The van der Waals surface area contributed by atoms with Gasteiger partial charge in [-0.2, -0.15) is 0 Å². The highest BCUT2D eigenvalue weighted by atomic mass is 16.5. The normalized spacial score (nSPS) is 10.5. The lowest BCUT2D eigenvalue weighted by atomic mass is 9.97. The van der Waals surface area contributed by atoms with E-state index < -0.39 is 0 Å². The van der Waals surface area contributed by atoms with E-state index in [1.807, 2.05) is 54.6 Å². The molecule has 4 N–H and O–H groups in total. The fourth-order valence-electron chi connectivity index (χ4n) is 2.74. The summed E-state index contributed by atoms with van der Waals surface area (Å²) in [6.45, 7) is 0.323. The Morgan fingerprint density at radius 2 is 1.36 bits per heavy atom. The molecule has 0 saturated carbocycles. The van der Waals surface area contributed by atoms with Gasteiger partial charge in [-0.05, 0) is 53.6 Å². The molecule has 5 heteroatoms. The van der Waals surface area contributed by atoms with Crippen molar-refractivity contribution in [1.29, 1.82) is 0 Å². The highest BCUT2D eigenvalue weighted by Crippen LogP contribution is 2.32. The third kappa shape index (κ3) is 3.41. The number of anilines is 1. The lowest BCUT2D eigenvalue weighted by Gasteiger charge is -2.14. The van der Waals surface area contributed by atoms with E-state index >= 15 is 0 Å². The zero-order valence-corrected chi connectivity index (χ0v) is 14.3. The summed E-state index contributed by atoms with van der Waals surface area (Å²) in [6, 6.07) is 17.5. The highest BCUT2D eigenvalue weighted by Gasteiger charge is 2.13. The molecule has 0 atom stereocenters. The Balaban J connectivity index is 2.10. The Hall–Kier alpha value is -3.05. The Labute approximate surface area is 147 Å². The van der Waals surface area contributed by atoms with Crippen LogP contribution in [0.15, 0.2) is 54.6 Å². The third-order valence-corrected chi connectivity index (χ3v) is 4.15. The molecule has 0 aliphatic carbocycles. The van der Waals surface area contributed by atoms with Gasteiger partial charge in [0.2, 0.25) is 0 Å². The first kappa shape index (κ1) is 16.8. The van der Waals surface area contributed by atoms with Crippen molar-refractivity contribution in [2.75, 3.05) is 20.0 Å². The van der Waals surface area contributed by atoms with Crippen molar-refractivity contribution in [1.82, 2.24) is 4.98 Å². The number of nitrogens with zero attached hydrogens (tertiary/aromatic N) is 1. The van der Waals surface area contributed by atoms with Gasteiger partial charge in [-0.15, -0.1) is 0 Å². The molecule has 3 aromatic rings. The lowest BCUT2D eigenvalue weighted by Crippen LogP contribution is -2.07. The standard InChI is InChI=1S/C20H21N3O2/c1-24-15-7-3-13(4-8-15)17-11-19(23-20(22)18(17)12-21)14-5-9-16(25-2)10-6-14/h3-11H,12,21H2,1-2H3,(H2,22,23). The van der Waals surface area contributed by atoms with Crippen LogP contribution in [0.1, 0.15) is 5.56 Å². The second-order valence-electron chi connectivity index (χ2n) is 5.58. The van der Waals surface area contributed by atoms with Crippen molar-refractivity contribution >= 4 is 5.82 Å². The Kier molecular flexibility index (Phi) is 4.86. The van der Waals surface area contributed by atoms with Gasteiger partial charge in [0, 0.05) is 17.7 Å². The monoisotopic (exact) mass is 335 g/mol. The molecule has 1 heterocycles. The van der Waals surface area contributed by atoms with Crippen molar-refractivity contribution in [3.63, 3.8) is 0 Å². The van der Waals surface area contributed by atoms with Gasteiger partial charge in [0.15, 0.2) is 0 Å². The highest BCUT2D eigenvalue weighted by molar-refractivity contribution is 5.77. The van der Waals surface area contributed by atoms with E-state index in [-0.39, 0.29) is 0 Å². The molecule has 0 spiro atoms. The van der Waals surface area contributed by atoms with Gasteiger partial charge in [-0.25, -0.2) is 4.98 Å². The van der Waals surface area contributed by atoms with E-state index in [0.717, 1.165) is 39.4 Å². The molecule has 25 heavy (non-hydrogen) atoms. The van der Waals surface area contributed by atoms with Gasteiger partial charge in [0.25, 0.3) is 0 Å². The molecule has 2 aromatic carbocycles. The van der Waals surface area contributed by atoms with Crippen LogP contribution in [0.4, 0.5) is 5.82 Å². The molecule has 0 saturated heterocycles. The van der Waals surface area contributed by atoms with Crippen molar-refractivity contribution in [2.45, 2.75) is 6.54 Å². The number of benzene rings is 2. The summed E-state index contributed by atoms with van der Waals surface area (Å²) in [5, 5.41) is 0. The smallest absolute Gasteiger partial charge is 0.129 e. The van der Waals surface area contributed by atoms with Gasteiger partial charge in [-0.3, -0.25) is 0 Å². The van der Waals surface area contributed by atoms with E-state index in [0.29, 0.717) is 12.4 Å². The molecule has 0 amide bonds. The molecule has 0 aliphatic rings. The predicted octanol–water partition coefficient (Wildman–Crippen LogP) is 3.47. The zero-order chi connectivity index (χ0) is 17.8. The third-order valence-electron chi connectivity index (χ3n) is 4.15. The maximum atomic E-state index is 6.18. The van der Waals surface area contributed by atoms with Gasteiger partial charge in [-0.1, -0.05) is 12.1 Å². The lowest BCUT2D eigenvalue weighted by molar-refractivity contribution is 0.415. The van der Waals surface area contributed by atoms with Crippen molar-refractivity contribution in [3.8, 4) is 33.9 Å². The number of aromatic nitrogens is 1. The summed E-state index contributed by atoms with van der Waals surface area (Å²) >= 11 is 0. The zero-order valence-electron chi connectivity index (χ0n) is 14.3. The van der Waals surface area contributed by atoms with E-state index in [1.165, 1.54) is 0 Å². The summed E-state index contributed by atoms with van der Waals surface area (Å²) in [4.78, 5) is 4.52. The van der Waals surface area contributed by atoms with Crippen LogP contribution in [-0.4, -0.2) is 19.2 Å². The van der Waals surface area contributed by atoms with Crippen LogP contribution in [0.3, 0.4) is 0 Å². The molecule has 0 unspecified atom stereocenters. The number of hydrogen-bond donors (Lipinski definition) is 2. The molecule has 5 nitrogen and oxygen atoms in total. The number of nitrogen functional groups attached to an aromatic ring is 1. The number of methoxy groups -OCH3 is 2. The van der Waals surface area contributed by atoms with Crippen molar-refractivity contribution in [3.05, 3.63) is 60.2 Å². The molecular formula is C20H21N3O2. The maximum Gasteiger partial charge on any atom is 0.129 e. The van der Waals surface area contributed by atoms with E-state index in [1.54, 1.807) is 14.2 Å². The van der Waals surface area contributed by atoms with Crippen LogP contribution in [0.25, 0.3) is 22.4 Å². The van der Waals surface area contributed by atoms with Crippen LogP contribution in [0.2, 0.25) is 0 Å². The van der Waals surface area contributed by atoms with Crippen LogP contribution in [0.5, 0.6) is 11.5 Å². The number of ether oxygens (including phenoxy) is 2.